The number of nitrogens with two attached hydrogens (primary N) is 1. The number of para-hydroxylation sites is 1. The first-order chi connectivity index (χ1) is 18.7. The molecule has 6 N–H and O–H groups in total. The van der Waals surface area contributed by atoms with Gasteiger partial charge in [-0.2, -0.15) is 0 Å². The predicted molar refractivity (Wildman–Crippen MR) is 154 cm³/mol. The quantitative estimate of drug-likeness (QED) is 0.216. The lowest BCUT2D eigenvalue weighted by molar-refractivity contribution is -0.131. The molecule has 4 rings (SSSR count). The molecule has 4 aromatic rings. The Labute approximate surface area is 228 Å². The molecule has 0 radical (unpaired) electrons. The van der Waals surface area contributed by atoms with Crippen LogP contribution in [0.15, 0.2) is 79.0 Å². The normalized spacial score (nSPS) is 12.1. The zero-order valence-corrected chi connectivity index (χ0v) is 22.5. The fourth-order valence-electron chi connectivity index (χ4n) is 4.38. The highest BCUT2D eigenvalue weighted by Gasteiger charge is 2.28. The SMILES string of the molecule is CCNC(=O)c1ccccc1-c1ccc(CNC(=O)[C@@H](Cc2c[nH]c3ccccc23)NC(=O)C(C)(C)N)cc1. The molecule has 0 aliphatic carbocycles. The second-order valence-corrected chi connectivity index (χ2v) is 10.1. The first kappa shape index (κ1) is 27.6. The molecule has 202 valence electrons. The second kappa shape index (κ2) is 12.0. The van der Waals surface area contributed by atoms with E-state index in [2.05, 4.69) is 20.9 Å². The summed E-state index contributed by atoms with van der Waals surface area (Å²) >= 11 is 0. The van der Waals surface area contributed by atoms with Crippen LogP contribution in [0.4, 0.5) is 0 Å². The lowest BCUT2D eigenvalue weighted by atomic mass is 9.98. The van der Waals surface area contributed by atoms with E-state index in [9.17, 15) is 14.4 Å². The first-order valence-corrected chi connectivity index (χ1v) is 13.1. The van der Waals surface area contributed by atoms with Gasteiger partial charge in [-0.3, -0.25) is 14.4 Å². The Morgan fingerprint density at radius 3 is 2.33 bits per heavy atom. The van der Waals surface area contributed by atoms with E-state index in [1.54, 1.807) is 19.9 Å². The van der Waals surface area contributed by atoms with Crippen LogP contribution in [0.3, 0.4) is 0 Å². The van der Waals surface area contributed by atoms with E-state index in [-0.39, 0.29) is 18.4 Å². The largest absolute Gasteiger partial charge is 0.361 e. The molecular formula is C31H35N5O3. The van der Waals surface area contributed by atoms with Gasteiger partial charge in [-0.05, 0) is 55.2 Å². The van der Waals surface area contributed by atoms with E-state index >= 15 is 0 Å². The van der Waals surface area contributed by atoms with E-state index in [0.717, 1.165) is 33.2 Å². The van der Waals surface area contributed by atoms with Gasteiger partial charge in [0.1, 0.15) is 6.04 Å². The number of aromatic nitrogens is 1. The third kappa shape index (κ3) is 6.72. The van der Waals surface area contributed by atoms with Crippen LogP contribution in [0.25, 0.3) is 22.0 Å². The standard InChI is InChI=1S/C31H35N5O3/c1-4-33-28(37)25-11-6-5-9-23(25)21-15-13-20(14-16-21)18-35-29(38)27(36-30(39)31(2,3)32)17-22-19-34-26-12-8-7-10-24(22)26/h5-16,19,27,34H,4,17-18,32H2,1-3H3,(H,33,37)(H,35,38)(H,36,39)/t27-/m1/s1. The third-order valence-corrected chi connectivity index (χ3v) is 6.55. The number of H-pyrrole nitrogens is 1. The van der Waals surface area contributed by atoms with E-state index in [1.165, 1.54) is 0 Å². The van der Waals surface area contributed by atoms with Gasteiger partial charge >= 0.3 is 0 Å². The fourth-order valence-corrected chi connectivity index (χ4v) is 4.38. The molecule has 1 heterocycles. The van der Waals surface area contributed by atoms with Crippen LogP contribution >= 0.6 is 0 Å². The molecule has 1 aromatic heterocycles. The molecule has 0 aliphatic rings. The lowest BCUT2D eigenvalue weighted by Crippen LogP contribution is -2.56. The summed E-state index contributed by atoms with van der Waals surface area (Å²) in [6.45, 7) is 5.93. The van der Waals surface area contributed by atoms with Crippen molar-refractivity contribution in [2.75, 3.05) is 6.54 Å². The third-order valence-electron chi connectivity index (χ3n) is 6.55. The number of amides is 3. The molecule has 39 heavy (non-hydrogen) atoms. The van der Waals surface area contributed by atoms with E-state index in [0.29, 0.717) is 18.5 Å². The predicted octanol–water partition coefficient (Wildman–Crippen LogP) is 3.67. The fraction of sp³-hybridized carbons (Fsp3) is 0.258. The summed E-state index contributed by atoms with van der Waals surface area (Å²) in [7, 11) is 0. The topological polar surface area (TPSA) is 129 Å². The summed E-state index contributed by atoms with van der Waals surface area (Å²) in [5, 5.41) is 9.63. The van der Waals surface area contributed by atoms with Gasteiger partial charge in [0.25, 0.3) is 5.91 Å². The number of hydrogen-bond donors (Lipinski definition) is 5. The number of benzene rings is 3. The van der Waals surface area contributed by atoms with Crippen LogP contribution in [-0.2, 0) is 22.6 Å². The molecule has 0 saturated carbocycles. The van der Waals surface area contributed by atoms with Gasteiger partial charge in [0.2, 0.25) is 11.8 Å². The highest BCUT2D eigenvalue weighted by atomic mass is 16.2. The van der Waals surface area contributed by atoms with Gasteiger partial charge in [0.15, 0.2) is 0 Å². The number of carbonyl (C=O) groups is 3. The Bertz CT molecular complexity index is 1470. The number of carbonyl (C=O) groups excluding carboxylic acids is 3. The zero-order chi connectivity index (χ0) is 28.0. The van der Waals surface area contributed by atoms with Gasteiger partial charge in [-0.25, -0.2) is 0 Å². The minimum absolute atomic E-state index is 0.117. The number of rotatable bonds is 10. The average Bonchev–Trinajstić information content (AvgIpc) is 3.34. The minimum Gasteiger partial charge on any atom is -0.361 e. The van der Waals surface area contributed by atoms with Crippen LogP contribution in [0.1, 0.15) is 42.3 Å². The summed E-state index contributed by atoms with van der Waals surface area (Å²) in [5.74, 6) is -0.824. The molecule has 8 heteroatoms. The van der Waals surface area contributed by atoms with Crippen molar-refractivity contribution in [2.24, 2.45) is 5.73 Å². The maximum absolute atomic E-state index is 13.3. The van der Waals surface area contributed by atoms with Crippen molar-refractivity contribution in [3.8, 4) is 11.1 Å². The Morgan fingerprint density at radius 2 is 1.62 bits per heavy atom. The molecule has 3 amide bonds. The van der Waals surface area contributed by atoms with Crippen molar-refractivity contribution in [3.05, 3.63) is 95.7 Å². The van der Waals surface area contributed by atoms with Gasteiger partial charge in [0.05, 0.1) is 5.54 Å². The summed E-state index contributed by atoms with van der Waals surface area (Å²) < 4.78 is 0. The zero-order valence-electron chi connectivity index (χ0n) is 22.5. The molecular weight excluding hydrogens is 490 g/mol. The maximum Gasteiger partial charge on any atom is 0.251 e. The number of nitrogens with one attached hydrogen (secondary N) is 4. The highest BCUT2D eigenvalue weighted by molar-refractivity contribution is 6.00. The molecule has 0 saturated heterocycles. The van der Waals surface area contributed by atoms with Crippen molar-refractivity contribution in [1.29, 1.82) is 0 Å². The Morgan fingerprint density at radius 1 is 0.923 bits per heavy atom. The number of hydrogen-bond acceptors (Lipinski definition) is 4. The Hall–Kier alpha value is -4.43. The number of fused-ring (bicyclic) bond motifs is 1. The average molecular weight is 526 g/mol. The van der Waals surface area contributed by atoms with E-state index in [1.807, 2.05) is 79.9 Å². The van der Waals surface area contributed by atoms with Gasteiger partial charge < -0.3 is 26.7 Å². The lowest BCUT2D eigenvalue weighted by Gasteiger charge is -2.24. The monoisotopic (exact) mass is 525 g/mol. The Balaban J connectivity index is 1.48. The first-order valence-electron chi connectivity index (χ1n) is 13.1. The van der Waals surface area contributed by atoms with Gasteiger partial charge in [0, 0.05) is 42.2 Å². The highest BCUT2D eigenvalue weighted by Crippen LogP contribution is 2.24. The van der Waals surface area contributed by atoms with Gasteiger partial charge in [-0.15, -0.1) is 0 Å². The van der Waals surface area contributed by atoms with Gasteiger partial charge in [-0.1, -0.05) is 60.7 Å². The van der Waals surface area contributed by atoms with Crippen molar-refractivity contribution < 1.29 is 14.4 Å². The molecule has 0 spiro atoms. The van der Waals surface area contributed by atoms with E-state index < -0.39 is 17.5 Å². The summed E-state index contributed by atoms with van der Waals surface area (Å²) in [5.41, 5.74) is 9.99. The molecule has 0 unspecified atom stereocenters. The minimum atomic E-state index is -1.13. The van der Waals surface area contributed by atoms with Crippen molar-refractivity contribution >= 4 is 28.6 Å². The maximum atomic E-state index is 13.3. The molecule has 3 aromatic carbocycles. The van der Waals surface area contributed by atoms with Crippen molar-refractivity contribution in [2.45, 2.75) is 45.3 Å². The molecule has 0 aliphatic heterocycles. The van der Waals surface area contributed by atoms with Crippen molar-refractivity contribution in [1.82, 2.24) is 20.9 Å². The summed E-state index contributed by atoms with van der Waals surface area (Å²) in [6, 6.07) is 22.2. The van der Waals surface area contributed by atoms with Crippen LogP contribution in [0.5, 0.6) is 0 Å². The second-order valence-electron chi connectivity index (χ2n) is 10.1. The van der Waals surface area contributed by atoms with Crippen LogP contribution in [-0.4, -0.2) is 40.8 Å². The molecule has 1 atom stereocenters. The Kier molecular flexibility index (Phi) is 8.46. The summed E-state index contributed by atoms with van der Waals surface area (Å²) in [4.78, 5) is 41.7. The smallest absolute Gasteiger partial charge is 0.251 e. The van der Waals surface area contributed by atoms with E-state index in [4.69, 9.17) is 5.73 Å². The molecule has 8 nitrogen and oxygen atoms in total. The number of aromatic amines is 1. The van der Waals surface area contributed by atoms with Crippen molar-refractivity contribution in [3.63, 3.8) is 0 Å². The summed E-state index contributed by atoms with van der Waals surface area (Å²) in [6.07, 6.45) is 2.18. The van der Waals surface area contributed by atoms with Crippen LogP contribution in [0.2, 0.25) is 0 Å². The van der Waals surface area contributed by atoms with Crippen LogP contribution < -0.4 is 21.7 Å². The molecule has 0 fully saturated rings. The molecule has 0 bridgehead atoms. The van der Waals surface area contributed by atoms with Crippen LogP contribution in [0, 0.1) is 0 Å².